The van der Waals surface area contributed by atoms with Crippen LogP contribution in [-0.2, 0) is 0 Å². The molecule has 2 heterocycles. The highest BCUT2D eigenvalue weighted by atomic mass is 32.1. The largest absolute Gasteiger partial charge is 0.448 e. The van der Waals surface area contributed by atoms with Crippen LogP contribution >= 0.6 is 12.2 Å². The minimum atomic E-state index is -0.409. The molecule has 6 heteroatoms. The van der Waals surface area contributed by atoms with Crippen molar-refractivity contribution < 1.29 is 9.47 Å². The predicted molar refractivity (Wildman–Crippen MR) is 98.8 cm³/mol. The Kier molecular flexibility index (Phi) is 4.26. The van der Waals surface area contributed by atoms with Crippen molar-refractivity contribution in [3.63, 3.8) is 0 Å². The molecule has 1 spiro atoms. The summed E-state index contributed by atoms with van der Waals surface area (Å²) in [6, 6.07) is 6.42. The molecular formula is C18H25N3O2S. The Balaban J connectivity index is 1.35. The lowest BCUT2D eigenvalue weighted by atomic mass is 10.1. The van der Waals surface area contributed by atoms with Crippen molar-refractivity contribution in [1.82, 2.24) is 10.2 Å². The molecule has 0 unspecified atom stereocenters. The van der Waals surface area contributed by atoms with Gasteiger partial charge in [-0.15, -0.1) is 0 Å². The highest BCUT2D eigenvalue weighted by Gasteiger charge is 2.44. The topological polar surface area (TPSA) is 45.8 Å². The number of benzene rings is 1. The Labute approximate surface area is 148 Å². The highest BCUT2D eigenvalue weighted by molar-refractivity contribution is 7.80. The Morgan fingerprint density at radius 1 is 1.17 bits per heavy atom. The third-order valence-electron chi connectivity index (χ3n) is 5.21. The first-order valence-corrected chi connectivity index (χ1v) is 9.31. The van der Waals surface area contributed by atoms with Gasteiger partial charge in [0.1, 0.15) is 0 Å². The van der Waals surface area contributed by atoms with Gasteiger partial charge in [0, 0.05) is 30.6 Å². The van der Waals surface area contributed by atoms with Crippen LogP contribution in [0.25, 0.3) is 0 Å². The second kappa shape index (κ2) is 6.41. The minimum absolute atomic E-state index is 0.409. The van der Waals surface area contributed by atoms with Crippen LogP contribution in [0.3, 0.4) is 0 Å². The van der Waals surface area contributed by atoms with E-state index in [1.807, 2.05) is 18.2 Å². The summed E-state index contributed by atoms with van der Waals surface area (Å²) < 4.78 is 12.2. The summed E-state index contributed by atoms with van der Waals surface area (Å²) in [6.07, 6.45) is 6.54. The second-order valence-corrected chi connectivity index (χ2v) is 7.57. The zero-order valence-corrected chi connectivity index (χ0v) is 15.0. The van der Waals surface area contributed by atoms with Crippen LogP contribution < -0.4 is 20.1 Å². The van der Waals surface area contributed by atoms with Crippen LogP contribution in [0.5, 0.6) is 11.5 Å². The van der Waals surface area contributed by atoms with Crippen LogP contribution in [0, 0.1) is 0 Å². The van der Waals surface area contributed by atoms with Crippen molar-refractivity contribution in [3.8, 4) is 11.5 Å². The van der Waals surface area contributed by atoms with E-state index < -0.39 is 5.79 Å². The third kappa shape index (κ3) is 3.30. The Hall–Kier alpha value is -1.53. The lowest BCUT2D eigenvalue weighted by Crippen LogP contribution is -2.44. The molecule has 4 rings (SSSR count). The first-order valence-electron chi connectivity index (χ1n) is 8.90. The summed E-state index contributed by atoms with van der Waals surface area (Å²) in [7, 11) is 2.16. The van der Waals surface area contributed by atoms with E-state index in [1.165, 1.54) is 12.8 Å². The van der Waals surface area contributed by atoms with Crippen molar-refractivity contribution in [3.05, 3.63) is 18.2 Å². The summed E-state index contributed by atoms with van der Waals surface area (Å²) in [5.74, 6) is 1.26. The molecule has 1 aromatic rings. The number of hydrogen-bond acceptors (Lipinski definition) is 4. The van der Waals surface area contributed by atoms with E-state index in [9.17, 15) is 0 Å². The standard InChI is InChI=1S/C18H25N3O2S/c1-21-10-6-13(7-11-21)19-17(24)20-14-4-5-15-16(12-14)23-18(22-15)8-2-3-9-18/h4-5,12-13H,2-3,6-11H2,1H3,(H2,19,20,24). The quantitative estimate of drug-likeness (QED) is 0.802. The van der Waals surface area contributed by atoms with E-state index in [0.29, 0.717) is 11.2 Å². The number of nitrogens with one attached hydrogen (secondary N) is 2. The zero-order chi connectivity index (χ0) is 16.6. The SMILES string of the molecule is CN1CCC(NC(=S)Nc2ccc3c(c2)OC2(CCCC2)O3)CC1. The molecule has 24 heavy (non-hydrogen) atoms. The number of nitrogens with zero attached hydrogens (tertiary/aromatic N) is 1. The monoisotopic (exact) mass is 347 g/mol. The fraction of sp³-hybridized carbons (Fsp3) is 0.611. The van der Waals surface area contributed by atoms with Crippen LogP contribution in [0.4, 0.5) is 5.69 Å². The molecule has 130 valence electrons. The number of ether oxygens (including phenoxy) is 2. The van der Waals surface area contributed by atoms with Crippen molar-refractivity contribution in [1.29, 1.82) is 0 Å². The Bertz CT molecular complexity index is 623. The average molecular weight is 347 g/mol. The van der Waals surface area contributed by atoms with Gasteiger partial charge in [-0.1, -0.05) is 0 Å². The van der Waals surface area contributed by atoms with Gasteiger partial charge < -0.3 is 25.0 Å². The molecule has 1 saturated carbocycles. The van der Waals surface area contributed by atoms with Crippen LogP contribution in [0.2, 0.25) is 0 Å². The van der Waals surface area contributed by atoms with E-state index in [4.69, 9.17) is 21.7 Å². The third-order valence-corrected chi connectivity index (χ3v) is 5.43. The highest BCUT2D eigenvalue weighted by Crippen LogP contribution is 2.47. The van der Waals surface area contributed by atoms with Crippen LogP contribution in [-0.4, -0.2) is 42.0 Å². The fourth-order valence-corrected chi connectivity index (χ4v) is 4.08. The van der Waals surface area contributed by atoms with Crippen molar-refractivity contribution in [2.75, 3.05) is 25.5 Å². The molecule has 3 aliphatic rings. The normalized spacial score (nSPS) is 22.7. The van der Waals surface area contributed by atoms with Crippen molar-refractivity contribution >= 4 is 23.0 Å². The van der Waals surface area contributed by atoms with Gasteiger partial charge in [-0.25, -0.2) is 0 Å². The molecule has 2 fully saturated rings. The Morgan fingerprint density at radius 2 is 1.88 bits per heavy atom. The van der Waals surface area contributed by atoms with Gasteiger partial charge in [0.25, 0.3) is 5.79 Å². The molecule has 2 N–H and O–H groups in total. The van der Waals surface area contributed by atoms with Crippen LogP contribution in [0.1, 0.15) is 38.5 Å². The number of thiocarbonyl (C=S) groups is 1. The molecule has 0 amide bonds. The molecule has 0 bridgehead atoms. The summed E-state index contributed by atoms with van der Waals surface area (Å²) in [4.78, 5) is 2.35. The summed E-state index contributed by atoms with van der Waals surface area (Å²) in [6.45, 7) is 2.23. The van der Waals surface area contributed by atoms with E-state index in [0.717, 1.165) is 56.0 Å². The summed E-state index contributed by atoms with van der Waals surface area (Å²) >= 11 is 5.47. The first kappa shape index (κ1) is 16.0. The molecule has 1 aromatic carbocycles. The van der Waals surface area contributed by atoms with Gasteiger partial charge >= 0.3 is 0 Å². The average Bonchev–Trinajstić information content (AvgIpc) is 3.15. The molecule has 2 aliphatic heterocycles. The van der Waals surface area contributed by atoms with E-state index >= 15 is 0 Å². The maximum Gasteiger partial charge on any atom is 0.251 e. The van der Waals surface area contributed by atoms with E-state index in [-0.39, 0.29) is 0 Å². The lowest BCUT2D eigenvalue weighted by Gasteiger charge is -2.30. The maximum absolute atomic E-state index is 6.11. The first-order chi connectivity index (χ1) is 11.6. The van der Waals surface area contributed by atoms with Gasteiger partial charge in [0.15, 0.2) is 16.6 Å². The van der Waals surface area contributed by atoms with Gasteiger partial charge in [-0.05, 0) is 70.2 Å². The summed E-state index contributed by atoms with van der Waals surface area (Å²) in [5.41, 5.74) is 0.942. The number of piperidine rings is 1. The zero-order valence-electron chi connectivity index (χ0n) is 14.1. The number of hydrogen-bond donors (Lipinski definition) is 2. The number of likely N-dealkylation sites (tertiary alicyclic amines) is 1. The van der Waals surface area contributed by atoms with E-state index in [1.54, 1.807) is 0 Å². The summed E-state index contributed by atoms with van der Waals surface area (Å²) in [5, 5.41) is 7.39. The van der Waals surface area contributed by atoms with Crippen molar-refractivity contribution in [2.24, 2.45) is 0 Å². The lowest BCUT2D eigenvalue weighted by molar-refractivity contribution is -0.0716. The van der Waals surface area contributed by atoms with Crippen LogP contribution in [0.15, 0.2) is 18.2 Å². The molecule has 0 atom stereocenters. The number of rotatable bonds is 2. The Morgan fingerprint density at radius 3 is 2.62 bits per heavy atom. The van der Waals surface area contributed by atoms with Gasteiger partial charge in [-0.3, -0.25) is 0 Å². The number of fused-ring (bicyclic) bond motifs is 1. The fourth-order valence-electron chi connectivity index (χ4n) is 3.79. The van der Waals surface area contributed by atoms with Gasteiger partial charge in [0.2, 0.25) is 0 Å². The molecule has 1 saturated heterocycles. The molecular weight excluding hydrogens is 322 g/mol. The smallest absolute Gasteiger partial charge is 0.251 e. The molecule has 5 nitrogen and oxygen atoms in total. The molecule has 1 aliphatic carbocycles. The van der Waals surface area contributed by atoms with Gasteiger partial charge in [-0.2, -0.15) is 0 Å². The predicted octanol–water partition coefficient (Wildman–Crippen LogP) is 3.11. The second-order valence-electron chi connectivity index (χ2n) is 7.16. The van der Waals surface area contributed by atoms with E-state index in [2.05, 4.69) is 22.6 Å². The minimum Gasteiger partial charge on any atom is -0.448 e. The van der Waals surface area contributed by atoms with Crippen molar-refractivity contribution in [2.45, 2.75) is 50.4 Å². The molecule has 0 radical (unpaired) electrons. The van der Waals surface area contributed by atoms with Gasteiger partial charge in [0.05, 0.1) is 0 Å². The maximum atomic E-state index is 6.11. The number of anilines is 1. The molecule has 0 aromatic heterocycles.